The quantitative estimate of drug-likeness (QED) is 0.713. The number of nitrogens with one attached hydrogen (secondary N) is 1. The van der Waals surface area contributed by atoms with Crippen LogP contribution in [0.3, 0.4) is 0 Å². The number of aromatic nitrogens is 4. The highest BCUT2D eigenvalue weighted by molar-refractivity contribution is 9.11. The van der Waals surface area contributed by atoms with Crippen molar-refractivity contribution in [3.05, 3.63) is 20.0 Å². The van der Waals surface area contributed by atoms with E-state index >= 15 is 0 Å². The Labute approximate surface area is 128 Å². The molecule has 1 aromatic carbocycles. The van der Waals surface area contributed by atoms with E-state index in [1.54, 1.807) is 6.07 Å². The predicted molar refractivity (Wildman–Crippen MR) is 78.3 cm³/mol. The second-order valence-electron chi connectivity index (χ2n) is 3.16. The first kappa shape index (κ1) is 12.5. The van der Waals surface area contributed by atoms with Crippen molar-refractivity contribution < 1.29 is 0 Å². The van der Waals surface area contributed by atoms with Gasteiger partial charge in [0.15, 0.2) is 3.92 Å². The molecular weight excluding hydrogens is 381 g/mol. The molecule has 0 aliphatic carbocycles. The molecule has 2 aromatic heterocycles. The van der Waals surface area contributed by atoms with E-state index < -0.39 is 0 Å². The fourth-order valence-corrected chi connectivity index (χ4v) is 3.53. The van der Waals surface area contributed by atoms with Crippen LogP contribution in [0.2, 0.25) is 10.0 Å². The molecule has 0 radical (unpaired) electrons. The van der Waals surface area contributed by atoms with Crippen molar-refractivity contribution in [2.75, 3.05) is 5.32 Å². The van der Waals surface area contributed by atoms with Crippen LogP contribution in [0.5, 0.6) is 0 Å². The molecular formula is C8H2BrCl2N5S2. The zero-order valence-electron chi connectivity index (χ0n) is 8.32. The van der Waals surface area contributed by atoms with Crippen molar-refractivity contribution >= 4 is 84.0 Å². The minimum absolute atomic E-state index is 0.464. The van der Waals surface area contributed by atoms with Crippen LogP contribution in [-0.2, 0) is 0 Å². The molecule has 10 heteroatoms. The molecule has 0 bridgehead atoms. The van der Waals surface area contributed by atoms with Crippen molar-refractivity contribution in [1.29, 1.82) is 0 Å². The minimum Gasteiger partial charge on any atom is -0.327 e. The summed E-state index contributed by atoms with van der Waals surface area (Å²) in [5.74, 6) is 0. The van der Waals surface area contributed by atoms with Gasteiger partial charge in [-0.3, -0.25) is 0 Å². The lowest BCUT2D eigenvalue weighted by molar-refractivity contribution is 1.07. The summed E-state index contributed by atoms with van der Waals surface area (Å²) >= 11 is 17.9. The van der Waals surface area contributed by atoms with Crippen molar-refractivity contribution in [3.63, 3.8) is 0 Å². The summed E-state index contributed by atoms with van der Waals surface area (Å²) in [5, 5.41) is 12.4. The molecule has 0 amide bonds. The summed E-state index contributed by atoms with van der Waals surface area (Å²) in [4.78, 5) is 0. The van der Waals surface area contributed by atoms with Gasteiger partial charge in [-0.2, -0.15) is 8.75 Å². The van der Waals surface area contributed by atoms with Crippen LogP contribution in [0.25, 0.3) is 11.0 Å². The van der Waals surface area contributed by atoms with Gasteiger partial charge in [0.2, 0.25) is 5.13 Å². The van der Waals surface area contributed by atoms with E-state index in [1.807, 2.05) is 0 Å². The monoisotopic (exact) mass is 381 g/mol. The fourth-order valence-electron chi connectivity index (χ4n) is 1.36. The Morgan fingerprint density at radius 3 is 2.61 bits per heavy atom. The number of benzene rings is 1. The number of nitrogens with zero attached hydrogens (tertiary/aromatic N) is 4. The van der Waals surface area contributed by atoms with Gasteiger partial charge in [-0.15, -0.1) is 10.2 Å². The Kier molecular flexibility index (Phi) is 3.37. The van der Waals surface area contributed by atoms with E-state index in [1.165, 1.54) is 11.3 Å². The minimum atomic E-state index is 0.464. The number of hydrogen-bond donors (Lipinski definition) is 1. The van der Waals surface area contributed by atoms with Crippen LogP contribution in [0, 0.1) is 0 Å². The summed E-state index contributed by atoms with van der Waals surface area (Å²) < 4.78 is 9.00. The summed E-state index contributed by atoms with van der Waals surface area (Å²) in [6.07, 6.45) is 0. The average Bonchev–Trinajstić information content (AvgIpc) is 2.93. The van der Waals surface area contributed by atoms with Crippen LogP contribution in [-0.4, -0.2) is 18.9 Å². The van der Waals surface area contributed by atoms with Crippen LogP contribution < -0.4 is 5.32 Å². The number of rotatable bonds is 2. The summed E-state index contributed by atoms with van der Waals surface area (Å²) in [6, 6.07) is 1.63. The smallest absolute Gasteiger partial charge is 0.211 e. The Morgan fingerprint density at radius 2 is 1.89 bits per heavy atom. The van der Waals surface area contributed by atoms with E-state index in [0.29, 0.717) is 35.8 Å². The number of hydrogen-bond acceptors (Lipinski definition) is 7. The fraction of sp³-hybridized carbons (Fsp3) is 0. The lowest BCUT2D eigenvalue weighted by Gasteiger charge is -2.05. The van der Waals surface area contributed by atoms with E-state index in [0.717, 1.165) is 11.7 Å². The Balaban J connectivity index is 2.13. The highest BCUT2D eigenvalue weighted by atomic mass is 79.9. The molecule has 0 atom stereocenters. The second-order valence-corrected chi connectivity index (χ2v) is 6.76. The molecule has 18 heavy (non-hydrogen) atoms. The maximum atomic E-state index is 6.16. The van der Waals surface area contributed by atoms with E-state index in [2.05, 4.69) is 40.2 Å². The molecule has 0 saturated heterocycles. The zero-order chi connectivity index (χ0) is 12.7. The van der Waals surface area contributed by atoms with Gasteiger partial charge in [-0.25, -0.2) is 0 Å². The van der Waals surface area contributed by atoms with E-state index in [4.69, 9.17) is 23.2 Å². The van der Waals surface area contributed by atoms with Crippen molar-refractivity contribution in [3.8, 4) is 0 Å². The third-order valence-electron chi connectivity index (χ3n) is 2.08. The van der Waals surface area contributed by atoms with Crippen LogP contribution in [0.15, 0.2) is 9.98 Å². The predicted octanol–water partition coefficient (Wildman–Crippen LogP) is 4.36. The number of fused-ring (bicyclic) bond motifs is 1. The van der Waals surface area contributed by atoms with Gasteiger partial charge in [0.1, 0.15) is 11.0 Å². The molecule has 5 nitrogen and oxygen atoms in total. The normalized spacial score (nSPS) is 11.1. The summed E-state index contributed by atoms with van der Waals surface area (Å²) in [6.45, 7) is 0. The van der Waals surface area contributed by atoms with Crippen molar-refractivity contribution in [1.82, 2.24) is 18.9 Å². The highest BCUT2D eigenvalue weighted by Gasteiger charge is 2.15. The molecule has 0 aliphatic heterocycles. The third kappa shape index (κ3) is 2.19. The summed E-state index contributed by atoms with van der Waals surface area (Å²) in [5.41, 5.74) is 1.88. The third-order valence-corrected chi connectivity index (χ3v) is 4.46. The maximum Gasteiger partial charge on any atom is 0.211 e. The number of anilines is 2. The Hall–Kier alpha value is -0.540. The number of halogens is 3. The molecule has 2 heterocycles. The molecule has 92 valence electrons. The maximum absolute atomic E-state index is 6.16. The zero-order valence-corrected chi connectivity index (χ0v) is 13.0. The van der Waals surface area contributed by atoms with Crippen molar-refractivity contribution in [2.45, 2.75) is 0 Å². The molecule has 0 saturated carbocycles. The Bertz CT molecular complexity index is 727. The highest BCUT2D eigenvalue weighted by Crippen LogP contribution is 2.37. The van der Waals surface area contributed by atoms with Gasteiger partial charge < -0.3 is 5.32 Å². The molecule has 0 fully saturated rings. The lowest BCUT2D eigenvalue weighted by atomic mass is 10.2. The molecule has 0 aliphatic rings. The standard InChI is InChI=1S/C8H2BrCl2N5S2/c9-7-13-14-8(17-7)12-4-2(10)1-3(11)5-6(4)16-18-15-5/h1H,(H,12,14). The largest absolute Gasteiger partial charge is 0.327 e. The van der Waals surface area contributed by atoms with Gasteiger partial charge in [0.25, 0.3) is 0 Å². The Morgan fingerprint density at radius 1 is 1.11 bits per heavy atom. The molecule has 3 rings (SSSR count). The first-order chi connectivity index (χ1) is 8.65. The van der Waals surface area contributed by atoms with Gasteiger partial charge in [-0.1, -0.05) is 34.5 Å². The molecule has 1 N–H and O–H groups in total. The average molecular weight is 383 g/mol. The van der Waals surface area contributed by atoms with Gasteiger partial charge >= 0.3 is 0 Å². The van der Waals surface area contributed by atoms with Gasteiger partial charge in [0.05, 0.1) is 27.5 Å². The lowest BCUT2D eigenvalue weighted by Crippen LogP contribution is -1.92. The molecule has 3 aromatic rings. The second kappa shape index (κ2) is 4.86. The van der Waals surface area contributed by atoms with E-state index in [9.17, 15) is 0 Å². The van der Waals surface area contributed by atoms with Gasteiger partial charge in [-0.05, 0) is 22.0 Å². The van der Waals surface area contributed by atoms with Crippen LogP contribution in [0.4, 0.5) is 10.8 Å². The van der Waals surface area contributed by atoms with Crippen molar-refractivity contribution in [2.24, 2.45) is 0 Å². The van der Waals surface area contributed by atoms with Crippen LogP contribution >= 0.6 is 62.2 Å². The first-order valence-electron chi connectivity index (χ1n) is 4.51. The van der Waals surface area contributed by atoms with Crippen LogP contribution in [0.1, 0.15) is 0 Å². The first-order valence-corrected chi connectivity index (χ1v) is 7.61. The topological polar surface area (TPSA) is 63.6 Å². The van der Waals surface area contributed by atoms with E-state index in [-0.39, 0.29) is 0 Å². The molecule has 0 unspecified atom stereocenters. The van der Waals surface area contributed by atoms with Gasteiger partial charge in [0, 0.05) is 0 Å². The summed E-state index contributed by atoms with van der Waals surface area (Å²) in [7, 11) is 0. The SMILES string of the molecule is Clc1cc(Cl)c2nsnc2c1Nc1nnc(Br)s1. The molecule has 0 spiro atoms.